The van der Waals surface area contributed by atoms with Gasteiger partial charge in [0.15, 0.2) is 0 Å². The highest BCUT2D eigenvalue weighted by atomic mass is 35.5. The number of rotatable bonds is 22. The summed E-state index contributed by atoms with van der Waals surface area (Å²) in [5.74, 6) is 0.406. The molecule has 0 saturated carbocycles. The number of halogens is 1. The molecule has 0 spiro atoms. The van der Waals surface area contributed by atoms with E-state index in [4.69, 9.17) is 25.8 Å². The molecule has 1 aliphatic heterocycles. The number of nitro benzene ring substituents is 1. The van der Waals surface area contributed by atoms with Crippen LogP contribution in [0.4, 0.5) is 17.1 Å². The van der Waals surface area contributed by atoms with Gasteiger partial charge in [0.05, 0.1) is 43.1 Å². The molecule has 3 aliphatic rings. The SMILES string of the molecule is CC1(C)CCC(CN2CCN(c3ccc(C(=O)NSc4ccc(NCCOCCOCCNC(=O)CC5c6ccccc6-c6ccccc65)c([N+](=O)[O-])c4)c(Oc4cnc5[nH]ccc5c4)c3)CC2)=C(c2ccc(Cl)cc2)C1. The molecule has 0 radical (unpaired) electrons. The summed E-state index contributed by atoms with van der Waals surface area (Å²) in [5, 5.41) is 19.9. The van der Waals surface area contributed by atoms with E-state index in [1.165, 1.54) is 45.0 Å². The van der Waals surface area contributed by atoms with Crippen molar-refractivity contribution in [1.29, 1.82) is 0 Å². The van der Waals surface area contributed by atoms with Crippen molar-refractivity contribution in [3.05, 3.63) is 177 Å². The van der Waals surface area contributed by atoms with Gasteiger partial charge in [-0.1, -0.05) is 91.7 Å². The monoisotopic (exact) mass is 1070 g/mol. The van der Waals surface area contributed by atoms with Gasteiger partial charge in [-0.2, -0.15) is 0 Å². The number of allylic oxidation sites excluding steroid dienone is 1. The third-order valence-electron chi connectivity index (χ3n) is 14.6. The molecule has 3 heterocycles. The van der Waals surface area contributed by atoms with Gasteiger partial charge in [0.2, 0.25) is 5.91 Å². The van der Waals surface area contributed by atoms with Gasteiger partial charge in [0.25, 0.3) is 11.6 Å². The number of nitro groups is 1. The van der Waals surface area contributed by atoms with Crippen LogP contribution in [0.1, 0.15) is 72.5 Å². The maximum Gasteiger partial charge on any atom is 0.293 e. The zero-order chi connectivity index (χ0) is 53.3. The normalized spacial score (nSPS) is 15.3. The molecular formula is C60H63ClN8O7S. The fourth-order valence-corrected chi connectivity index (χ4v) is 11.3. The van der Waals surface area contributed by atoms with E-state index < -0.39 is 10.8 Å². The smallest absolute Gasteiger partial charge is 0.293 e. The largest absolute Gasteiger partial charge is 0.455 e. The molecule has 17 heteroatoms. The summed E-state index contributed by atoms with van der Waals surface area (Å²) in [6, 6.07) is 38.9. The predicted molar refractivity (Wildman–Crippen MR) is 305 cm³/mol. The van der Waals surface area contributed by atoms with Crippen molar-refractivity contribution in [2.24, 2.45) is 5.41 Å². The van der Waals surface area contributed by atoms with Crippen molar-refractivity contribution in [1.82, 2.24) is 24.9 Å². The Hall–Kier alpha value is -7.21. The Morgan fingerprint density at radius 1 is 0.857 bits per heavy atom. The Bertz CT molecular complexity index is 3240. The molecule has 0 atom stereocenters. The lowest BCUT2D eigenvalue weighted by Crippen LogP contribution is -2.47. The molecule has 1 fully saturated rings. The highest BCUT2D eigenvalue weighted by Gasteiger charge is 2.31. The molecular weight excluding hydrogens is 1010 g/mol. The Morgan fingerprint density at radius 3 is 2.32 bits per heavy atom. The van der Waals surface area contributed by atoms with Crippen LogP contribution in [-0.4, -0.2) is 104 Å². The van der Waals surface area contributed by atoms with E-state index in [-0.39, 0.29) is 29.5 Å². The number of anilines is 2. The number of ether oxygens (including phenoxy) is 3. The second-order valence-corrected chi connectivity index (χ2v) is 21.8. The number of nitrogens with zero attached hydrogens (tertiary/aromatic N) is 4. The lowest BCUT2D eigenvalue weighted by atomic mass is 9.72. The van der Waals surface area contributed by atoms with Crippen LogP contribution in [0.2, 0.25) is 5.02 Å². The first-order valence-electron chi connectivity index (χ1n) is 26.2. The lowest BCUT2D eigenvalue weighted by molar-refractivity contribution is -0.384. The van der Waals surface area contributed by atoms with Crippen LogP contribution >= 0.6 is 23.5 Å². The predicted octanol–water partition coefficient (Wildman–Crippen LogP) is 11.9. The van der Waals surface area contributed by atoms with Crippen molar-refractivity contribution in [2.45, 2.75) is 50.3 Å². The summed E-state index contributed by atoms with van der Waals surface area (Å²) in [5.41, 5.74) is 11.3. The topological polar surface area (TPSA) is 176 Å². The Balaban J connectivity index is 0.695. The second-order valence-electron chi connectivity index (χ2n) is 20.5. The molecule has 7 aromatic rings. The number of hydrogen-bond acceptors (Lipinski definition) is 12. The number of benzene rings is 5. The molecule has 398 valence electrons. The molecule has 4 N–H and O–H groups in total. The number of aromatic nitrogens is 2. The third-order valence-corrected chi connectivity index (χ3v) is 15.7. The van der Waals surface area contributed by atoms with Gasteiger partial charge < -0.3 is 34.7 Å². The summed E-state index contributed by atoms with van der Waals surface area (Å²) in [6.45, 7) is 11.0. The quantitative estimate of drug-likeness (QED) is 0.0219. The van der Waals surface area contributed by atoms with Gasteiger partial charge >= 0.3 is 0 Å². The van der Waals surface area contributed by atoms with Crippen molar-refractivity contribution >= 4 is 69.0 Å². The van der Waals surface area contributed by atoms with E-state index in [0.29, 0.717) is 67.0 Å². The minimum absolute atomic E-state index is 0.0247. The highest BCUT2D eigenvalue weighted by molar-refractivity contribution is 7.98. The summed E-state index contributed by atoms with van der Waals surface area (Å²) >= 11 is 7.26. The van der Waals surface area contributed by atoms with Crippen LogP contribution in [0, 0.1) is 15.5 Å². The number of fused-ring (bicyclic) bond motifs is 4. The van der Waals surface area contributed by atoms with Gasteiger partial charge in [0, 0.05) is 97.5 Å². The van der Waals surface area contributed by atoms with Crippen molar-refractivity contribution in [2.75, 3.05) is 82.5 Å². The second kappa shape index (κ2) is 24.4. The molecule has 2 aliphatic carbocycles. The zero-order valence-electron chi connectivity index (χ0n) is 43.3. The van der Waals surface area contributed by atoms with Crippen LogP contribution in [0.25, 0.3) is 27.7 Å². The maximum atomic E-state index is 14.0. The number of aromatic amines is 1. The van der Waals surface area contributed by atoms with Gasteiger partial charge in [0.1, 0.15) is 22.8 Å². The molecule has 2 amide bonds. The zero-order valence-corrected chi connectivity index (χ0v) is 44.9. The molecule has 1 saturated heterocycles. The standard InChI is InChI=1S/C60H63ClN8O7S/c1-60(2)21-19-42(53(37-60)40-11-13-43(61)14-12-40)39-67-25-27-68(28-26-67)44-15-17-51(56(34-44)76-45-33-41-20-22-64-58(41)65-38-45)59(71)66-77-46-16-18-54(55(35-46)69(72)73)62-23-29-74-31-32-75-30-24-63-57(70)36-52-49-9-5-3-7-47(49)48-8-4-6-10-50(48)52/h3-18,20,22,33-35,38,52,62H,19,21,23-32,36-37,39H2,1-2H3,(H,63,70)(H,64,65)(H,66,71). The number of carbonyl (C=O) groups is 2. The number of amides is 2. The third kappa shape index (κ3) is 13.1. The van der Waals surface area contributed by atoms with E-state index in [2.05, 4.69) is 85.4 Å². The number of hydrogen-bond donors (Lipinski definition) is 4. The first kappa shape index (κ1) is 53.2. The number of piperazine rings is 1. The fourth-order valence-electron chi connectivity index (χ4n) is 10.6. The summed E-state index contributed by atoms with van der Waals surface area (Å²) in [7, 11) is 0. The van der Waals surface area contributed by atoms with Crippen molar-refractivity contribution < 1.29 is 28.7 Å². The Kier molecular flexibility index (Phi) is 16.9. The fraction of sp³-hybridized carbons (Fsp3) is 0.317. The maximum absolute atomic E-state index is 14.0. The summed E-state index contributed by atoms with van der Waals surface area (Å²) < 4.78 is 20.7. The number of H-pyrrole nitrogens is 1. The highest BCUT2D eigenvalue weighted by Crippen LogP contribution is 2.46. The van der Waals surface area contributed by atoms with E-state index in [9.17, 15) is 19.7 Å². The first-order valence-corrected chi connectivity index (χ1v) is 27.4. The van der Waals surface area contributed by atoms with Crippen LogP contribution < -0.4 is 25.0 Å². The number of pyridine rings is 1. The van der Waals surface area contributed by atoms with Gasteiger partial charge in [-0.15, -0.1) is 0 Å². The van der Waals surface area contributed by atoms with E-state index >= 15 is 0 Å². The van der Waals surface area contributed by atoms with E-state index in [1.807, 2.05) is 66.9 Å². The van der Waals surface area contributed by atoms with Crippen molar-refractivity contribution in [3.8, 4) is 22.6 Å². The van der Waals surface area contributed by atoms with Gasteiger partial charge in [-0.3, -0.25) is 29.3 Å². The molecule has 10 rings (SSSR count). The Labute approximate surface area is 458 Å². The van der Waals surface area contributed by atoms with E-state index in [1.54, 1.807) is 24.4 Å². The number of nitrogens with one attached hydrogen (secondary N) is 4. The van der Waals surface area contributed by atoms with Gasteiger partial charge in [-0.25, -0.2) is 4.98 Å². The average Bonchev–Trinajstić information content (AvgIpc) is 4.08. The van der Waals surface area contributed by atoms with Crippen molar-refractivity contribution in [3.63, 3.8) is 0 Å². The minimum Gasteiger partial charge on any atom is -0.455 e. The molecule has 0 bridgehead atoms. The molecule has 2 aromatic heterocycles. The van der Waals surface area contributed by atoms with Crippen LogP contribution in [-0.2, 0) is 14.3 Å². The van der Waals surface area contributed by atoms with Crippen LogP contribution in [0.15, 0.2) is 144 Å². The molecule has 5 aromatic carbocycles. The molecule has 15 nitrogen and oxygen atoms in total. The van der Waals surface area contributed by atoms with Crippen LogP contribution in [0.5, 0.6) is 11.5 Å². The van der Waals surface area contributed by atoms with Crippen LogP contribution in [0.3, 0.4) is 0 Å². The first-order chi connectivity index (χ1) is 37.4. The summed E-state index contributed by atoms with van der Waals surface area (Å²) in [6.07, 6.45) is 7.07. The average molecular weight is 1080 g/mol. The summed E-state index contributed by atoms with van der Waals surface area (Å²) in [4.78, 5) is 51.6. The van der Waals surface area contributed by atoms with Gasteiger partial charge in [-0.05, 0) is 119 Å². The number of carbonyl (C=O) groups excluding carboxylic acids is 2. The molecule has 77 heavy (non-hydrogen) atoms. The Morgan fingerprint density at radius 2 is 1.58 bits per heavy atom. The minimum atomic E-state index is -0.459. The lowest BCUT2D eigenvalue weighted by Gasteiger charge is -2.39. The molecule has 0 unspecified atom stereocenters. The van der Waals surface area contributed by atoms with E-state index in [0.717, 1.165) is 85.7 Å².